The summed E-state index contributed by atoms with van der Waals surface area (Å²) in [5, 5.41) is 0. The first-order valence-corrected chi connectivity index (χ1v) is 7.33. The van der Waals surface area contributed by atoms with Crippen molar-refractivity contribution in [3.63, 3.8) is 0 Å². The summed E-state index contributed by atoms with van der Waals surface area (Å²) in [5.74, 6) is -0.932. The van der Waals surface area contributed by atoms with Crippen molar-refractivity contribution < 1.29 is 23.7 Å². The van der Waals surface area contributed by atoms with Crippen molar-refractivity contribution in [1.29, 1.82) is 0 Å². The molecule has 3 fully saturated rings. The molecule has 0 amide bonds. The summed E-state index contributed by atoms with van der Waals surface area (Å²) in [6, 6.07) is 0. The summed E-state index contributed by atoms with van der Waals surface area (Å²) in [7, 11) is 0. The van der Waals surface area contributed by atoms with E-state index in [1.807, 2.05) is 27.7 Å². The van der Waals surface area contributed by atoms with E-state index in [0.717, 1.165) is 0 Å². The van der Waals surface area contributed by atoms with E-state index in [4.69, 9.17) is 46.9 Å². The van der Waals surface area contributed by atoms with Crippen LogP contribution in [0.15, 0.2) is 10.3 Å². The minimum absolute atomic E-state index is 0.0574. The molecule has 3 heterocycles. The number of ether oxygens (including phenoxy) is 5. The summed E-state index contributed by atoms with van der Waals surface area (Å²) in [6.07, 6.45) is -1.33. The molecule has 0 bridgehead atoms. The van der Waals surface area contributed by atoms with Gasteiger partial charge in [0.2, 0.25) is 0 Å². The van der Waals surface area contributed by atoms with Crippen LogP contribution in [0.5, 0.6) is 0 Å². The Morgan fingerprint density at radius 1 is 1.00 bits per heavy atom. The molecule has 3 aliphatic heterocycles. The third kappa shape index (κ3) is 2.56. The molecule has 0 radical (unpaired) electrons. The highest BCUT2D eigenvalue weighted by molar-refractivity contribution is 6.56. The van der Waals surface area contributed by atoms with Crippen LogP contribution in [0.25, 0.3) is 0 Å². The lowest BCUT2D eigenvalue weighted by Gasteiger charge is -2.26. The fourth-order valence-electron chi connectivity index (χ4n) is 2.83. The van der Waals surface area contributed by atoms with Crippen molar-refractivity contribution in [3.05, 3.63) is 10.3 Å². The SMILES string of the molecule is CC1(C)OC[C@H]([C@@H]2OC(=C(Cl)Cl)[C@@H]3OC(C)(C)O[C@H]23)O1. The molecule has 0 unspecified atom stereocenters. The zero-order valence-electron chi connectivity index (χ0n) is 11.8. The summed E-state index contributed by atoms with van der Waals surface area (Å²) in [4.78, 5) is 0. The monoisotopic (exact) mass is 324 g/mol. The molecule has 7 heteroatoms. The van der Waals surface area contributed by atoms with Crippen LogP contribution < -0.4 is 0 Å². The molecule has 5 nitrogen and oxygen atoms in total. The lowest BCUT2D eigenvalue weighted by atomic mass is 10.1. The Morgan fingerprint density at radius 3 is 2.25 bits per heavy atom. The van der Waals surface area contributed by atoms with Crippen molar-refractivity contribution in [2.75, 3.05) is 6.61 Å². The fraction of sp³-hybridized carbons (Fsp3) is 0.846. The molecule has 0 aromatic heterocycles. The van der Waals surface area contributed by atoms with Crippen molar-refractivity contribution >= 4 is 23.2 Å². The highest BCUT2D eigenvalue weighted by Gasteiger charge is 2.58. The number of fused-ring (bicyclic) bond motifs is 1. The maximum Gasteiger partial charge on any atom is 0.164 e. The molecule has 0 aliphatic carbocycles. The van der Waals surface area contributed by atoms with Crippen molar-refractivity contribution in [1.82, 2.24) is 0 Å². The van der Waals surface area contributed by atoms with E-state index in [0.29, 0.717) is 12.4 Å². The molecule has 0 saturated carbocycles. The van der Waals surface area contributed by atoms with Crippen LogP contribution >= 0.6 is 23.2 Å². The molecule has 0 aromatic rings. The van der Waals surface area contributed by atoms with Gasteiger partial charge >= 0.3 is 0 Å². The van der Waals surface area contributed by atoms with E-state index >= 15 is 0 Å². The van der Waals surface area contributed by atoms with Crippen LogP contribution in [-0.4, -0.2) is 42.6 Å². The van der Waals surface area contributed by atoms with E-state index < -0.39 is 17.7 Å². The third-order valence-corrected chi connectivity index (χ3v) is 3.93. The predicted octanol–water partition coefficient (Wildman–Crippen LogP) is 2.70. The van der Waals surface area contributed by atoms with Gasteiger partial charge in [0.25, 0.3) is 0 Å². The summed E-state index contributed by atoms with van der Waals surface area (Å²) in [5.41, 5.74) is 0. The molecular formula is C13H18Cl2O5. The minimum atomic E-state index is -0.708. The normalized spacial score (nSPS) is 41.6. The average Bonchev–Trinajstić information content (AvgIpc) is 2.88. The minimum Gasteiger partial charge on any atom is -0.484 e. The largest absolute Gasteiger partial charge is 0.484 e. The second-order valence-corrected chi connectivity index (χ2v) is 7.04. The lowest BCUT2D eigenvalue weighted by molar-refractivity contribution is -0.187. The zero-order chi connectivity index (χ0) is 14.7. The predicted molar refractivity (Wildman–Crippen MR) is 72.3 cm³/mol. The van der Waals surface area contributed by atoms with Crippen molar-refractivity contribution in [2.24, 2.45) is 0 Å². The highest BCUT2D eigenvalue weighted by Crippen LogP contribution is 2.45. The maximum absolute atomic E-state index is 5.91. The first-order chi connectivity index (χ1) is 9.19. The Labute approximate surface area is 128 Å². The quantitative estimate of drug-likeness (QED) is 0.742. The first-order valence-electron chi connectivity index (χ1n) is 6.58. The summed E-state index contributed by atoms with van der Waals surface area (Å²) in [6.45, 7) is 7.84. The van der Waals surface area contributed by atoms with E-state index in [2.05, 4.69) is 0 Å². The Hall–Kier alpha value is -0.0400. The molecule has 0 aromatic carbocycles. The van der Waals surface area contributed by atoms with Gasteiger partial charge in [-0.3, -0.25) is 0 Å². The van der Waals surface area contributed by atoms with Crippen molar-refractivity contribution in [3.8, 4) is 0 Å². The summed E-state index contributed by atoms with van der Waals surface area (Å²) < 4.78 is 29.0. The Morgan fingerprint density at radius 2 is 1.70 bits per heavy atom. The zero-order valence-corrected chi connectivity index (χ0v) is 13.3. The maximum atomic E-state index is 5.91. The van der Waals surface area contributed by atoms with Crippen LogP contribution in [0.1, 0.15) is 27.7 Å². The Kier molecular flexibility index (Phi) is 3.52. The second-order valence-electron chi connectivity index (χ2n) is 6.10. The van der Waals surface area contributed by atoms with Gasteiger partial charge in [-0.15, -0.1) is 0 Å². The first kappa shape index (κ1) is 14.9. The van der Waals surface area contributed by atoms with E-state index in [-0.39, 0.29) is 22.8 Å². The van der Waals surface area contributed by atoms with Crippen LogP contribution in [0.4, 0.5) is 0 Å². The third-order valence-electron chi connectivity index (χ3n) is 3.56. The van der Waals surface area contributed by atoms with Crippen LogP contribution in [0, 0.1) is 0 Å². The molecule has 4 atom stereocenters. The standard InChI is InChI=1S/C13H18Cl2O5/c1-12(2)16-5-6(18-12)7-8-9(10(17-7)11(14)15)20-13(3,4)19-8/h6-9H,5H2,1-4H3/t6-,7+,8-,9-/m1/s1. The topological polar surface area (TPSA) is 46.2 Å². The van der Waals surface area contributed by atoms with Crippen molar-refractivity contribution in [2.45, 2.75) is 63.7 Å². The van der Waals surface area contributed by atoms with E-state index in [1.165, 1.54) is 0 Å². The molecule has 3 rings (SSSR count). The van der Waals surface area contributed by atoms with Gasteiger partial charge in [0.15, 0.2) is 29.5 Å². The second kappa shape index (κ2) is 4.73. The number of hydrogen-bond donors (Lipinski definition) is 0. The average molecular weight is 325 g/mol. The molecule has 0 spiro atoms. The number of hydrogen-bond acceptors (Lipinski definition) is 5. The van der Waals surface area contributed by atoms with Gasteiger partial charge in [0.1, 0.15) is 16.7 Å². The van der Waals surface area contributed by atoms with Gasteiger partial charge < -0.3 is 23.7 Å². The van der Waals surface area contributed by atoms with E-state index in [9.17, 15) is 0 Å². The molecule has 20 heavy (non-hydrogen) atoms. The molecule has 0 N–H and O–H groups in total. The van der Waals surface area contributed by atoms with E-state index in [1.54, 1.807) is 0 Å². The van der Waals surface area contributed by atoms with Crippen LogP contribution in [-0.2, 0) is 23.7 Å². The van der Waals surface area contributed by atoms with Gasteiger partial charge in [-0.1, -0.05) is 23.2 Å². The fourth-order valence-corrected chi connectivity index (χ4v) is 3.13. The van der Waals surface area contributed by atoms with Gasteiger partial charge in [-0.2, -0.15) is 0 Å². The Bertz CT molecular complexity index is 444. The molecular weight excluding hydrogens is 307 g/mol. The molecule has 3 saturated heterocycles. The van der Waals surface area contributed by atoms with Gasteiger partial charge in [0, 0.05) is 0 Å². The van der Waals surface area contributed by atoms with Crippen LogP contribution in [0.3, 0.4) is 0 Å². The molecule has 3 aliphatic rings. The van der Waals surface area contributed by atoms with Gasteiger partial charge in [-0.25, -0.2) is 0 Å². The number of rotatable bonds is 1. The lowest BCUT2D eigenvalue weighted by Crippen LogP contribution is -2.40. The summed E-state index contributed by atoms with van der Waals surface area (Å²) >= 11 is 11.8. The highest BCUT2D eigenvalue weighted by atomic mass is 35.5. The van der Waals surface area contributed by atoms with Gasteiger partial charge in [0.05, 0.1) is 6.61 Å². The molecule has 114 valence electrons. The Balaban J connectivity index is 1.85. The van der Waals surface area contributed by atoms with Gasteiger partial charge in [-0.05, 0) is 27.7 Å². The smallest absolute Gasteiger partial charge is 0.164 e. The number of halogens is 2. The van der Waals surface area contributed by atoms with Crippen LogP contribution in [0.2, 0.25) is 0 Å².